The third-order valence-electron chi connectivity index (χ3n) is 5.67. The van der Waals surface area contributed by atoms with Crippen molar-refractivity contribution in [3.63, 3.8) is 0 Å². The number of carbonyl (C=O) groups is 1. The first-order valence-electron chi connectivity index (χ1n) is 11.1. The Kier molecular flexibility index (Phi) is 7.41. The lowest BCUT2D eigenvalue weighted by atomic mass is 9.97. The molecule has 35 heavy (non-hydrogen) atoms. The molecule has 1 aromatic heterocycles. The van der Waals surface area contributed by atoms with Crippen LogP contribution in [0.5, 0.6) is 5.75 Å². The summed E-state index contributed by atoms with van der Waals surface area (Å²) in [5.74, 6) is -4.18. The minimum absolute atomic E-state index is 0.143. The highest BCUT2D eigenvalue weighted by Crippen LogP contribution is 2.40. The van der Waals surface area contributed by atoms with E-state index in [1.807, 2.05) is 0 Å². The number of hydrogen-bond donors (Lipinski definition) is 2. The number of ether oxygens (including phenoxy) is 1. The van der Waals surface area contributed by atoms with E-state index in [0.717, 1.165) is 5.56 Å². The fourth-order valence-corrected chi connectivity index (χ4v) is 3.91. The average Bonchev–Trinajstić information content (AvgIpc) is 3.33. The summed E-state index contributed by atoms with van der Waals surface area (Å²) in [5.41, 5.74) is 0.790. The lowest BCUT2D eigenvalue weighted by Gasteiger charge is -2.21. The Hall–Kier alpha value is -3.78. The van der Waals surface area contributed by atoms with Crippen LogP contribution in [0.1, 0.15) is 35.6 Å². The Balaban J connectivity index is 1.50. The average molecular weight is 483 g/mol. The van der Waals surface area contributed by atoms with Gasteiger partial charge < -0.3 is 19.6 Å². The number of aliphatic carboxylic acids is 1. The Labute approximate surface area is 200 Å². The van der Waals surface area contributed by atoms with Gasteiger partial charge in [0.05, 0.1) is 12.8 Å². The number of carboxylic acid groups (broad SMARTS) is 1. The first-order valence-corrected chi connectivity index (χ1v) is 11.1. The van der Waals surface area contributed by atoms with Gasteiger partial charge in [-0.1, -0.05) is 24.3 Å². The van der Waals surface area contributed by atoms with E-state index >= 15 is 8.78 Å². The first-order chi connectivity index (χ1) is 16.8. The fourth-order valence-electron chi connectivity index (χ4n) is 3.91. The molecule has 1 heterocycles. The fraction of sp³-hybridized carbons (Fsp3) is 0.222. The van der Waals surface area contributed by atoms with E-state index in [-0.39, 0.29) is 23.5 Å². The number of halogens is 3. The molecule has 0 aliphatic heterocycles. The molecule has 182 valence electrons. The van der Waals surface area contributed by atoms with Crippen LogP contribution in [-0.4, -0.2) is 24.2 Å². The van der Waals surface area contributed by atoms with Crippen LogP contribution in [0, 0.1) is 5.82 Å². The molecule has 0 radical (unpaired) electrons. The van der Waals surface area contributed by atoms with Crippen LogP contribution in [0.3, 0.4) is 0 Å². The van der Waals surface area contributed by atoms with Crippen molar-refractivity contribution in [3.8, 4) is 5.75 Å². The predicted molar refractivity (Wildman–Crippen MR) is 125 cm³/mol. The molecule has 4 rings (SSSR count). The molecule has 0 saturated heterocycles. The van der Waals surface area contributed by atoms with Crippen molar-refractivity contribution >= 4 is 16.9 Å². The van der Waals surface area contributed by atoms with Crippen LogP contribution in [0.4, 0.5) is 13.2 Å². The SMILES string of the molecule is O=C(O)CNCCCC(Oc1ccc(C(F)(F)c2cccc3occc23)cc1)c1ccc(F)cc1. The zero-order valence-electron chi connectivity index (χ0n) is 18.7. The van der Waals surface area contributed by atoms with Gasteiger partial charge in [0.1, 0.15) is 23.3 Å². The summed E-state index contributed by atoms with van der Waals surface area (Å²) in [4.78, 5) is 10.6. The van der Waals surface area contributed by atoms with Gasteiger partial charge in [0, 0.05) is 16.5 Å². The lowest BCUT2D eigenvalue weighted by molar-refractivity contribution is -0.135. The molecule has 0 spiro atoms. The number of hydrogen-bond acceptors (Lipinski definition) is 4. The minimum atomic E-state index is -3.24. The summed E-state index contributed by atoms with van der Waals surface area (Å²) >= 11 is 0. The van der Waals surface area contributed by atoms with Gasteiger partial charge in [-0.25, -0.2) is 4.39 Å². The van der Waals surface area contributed by atoms with Crippen LogP contribution in [-0.2, 0) is 10.7 Å². The van der Waals surface area contributed by atoms with E-state index in [2.05, 4.69) is 5.32 Å². The van der Waals surface area contributed by atoms with Crippen molar-refractivity contribution in [2.75, 3.05) is 13.1 Å². The van der Waals surface area contributed by atoms with E-state index in [0.29, 0.717) is 36.1 Å². The molecule has 0 bridgehead atoms. The van der Waals surface area contributed by atoms with Crippen molar-refractivity contribution in [1.29, 1.82) is 0 Å². The Morgan fingerprint density at radius 2 is 1.77 bits per heavy atom. The van der Waals surface area contributed by atoms with Crippen molar-refractivity contribution in [2.24, 2.45) is 0 Å². The summed E-state index contributed by atoms with van der Waals surface area (Å²) in [6.07, 6.45) is 2.03. The topological polar surface area (TPSA) is 71.7 Å². The van der Waals surface area contributed by atoms with Crippen molar-refractivity contribution in [1.82, 2.24) is 5.32 Å². The van der Waals surface area contributed by atoms with Crippen LogP contribution < -0.4 is 10.1 Å². The number of fused-ring (bicyclic) bond motifs is 1. The smallest absolute Gasteiger partial charge is 0.317 e. The highest BCUT2D eigenvalue weighted by molar-refractivity contribution is 5.82. The zero-order valence-corrected chi connectivity index (χ0v) is 18.7. The molecule has 0 aliphatic rings. The maximum Gasteiger partial charge on any atom is 0.317 e. The number of carboxylic acids is 1. The van der Waals surface area contributed by atoms with Crippen LogP contribution in [0.2, 0.25) is 0 Å². The van der Waals surface area contributed by atoms with Gasteiger partial charge in [-0.2, -0.15) is 8.78 Å². The summed E-state index contributed by atoms with van der Waals surface area (Å²) in [6, 6.07) is 17.6. The molecule has 1 unspecified atom stereocenters. The maximum atomic E-state index is 15.3. The number of nitrogens with one attached hydrogen (secondary N) is 1. The van der Waals surface area contributed by atoms with Gasteiger partial charge in [-0.3, -0.25) is 4.79 Å². The first kappa shape index (κ1) is 24.3. The molecule has 5 nitrogen and oxygen atoms in total. The van der Waals surface area contributed by atoms with Crippen LogP contribution in [0.15, 0.2) is 83.5 Å². The highest BCUT2D eigenvalue weighted by Gasteiger charge is 2.36. The highest BCUT2D eigenvalue weighted by atomic mass is 19.3. The molecular weight excluding hydrogens is 459 g/mol. The number of rotatable bonds is 11. The van der Waals surface area contributed by atoms with Gasteiger partial charge in [0.25, 0.3) is 5.92 Å². The summed E-state index contributed by atoms with van der Waals surface area (Å²) in [6.45, 7) is 0.308. The summed E-state index contributed by atoms with van der Waals surface area (Å²) < 4.78 is 55.4. The van der Waals surface area contributed by atoms with E-state index in [9.17, 15) is 9.18 Å². The number of benzene rings is 3. The zero-order chi connectivity index (χ0) is 24.8. The standard InChI is InChI=1S/C27H24F3NO4/c28-20-10-6-18(7-11-20)24(5-2-15-31-17-26(32)33)35-21-12-8-19(9-13-21)27(29,30)23-3-1-4-25-22(23)14-16-34-25/h1,3-4,6-14,16,24,31H,2,5,15,17H2,(H,32,33). The van der Waals surface area contributed by atoms with E-state index in [1.54, 1.807) is 18.2 Å². The monoisotopic (exact) mass is 483 g/mol. The molecule has 0 fully saturated rings. The summed E-state index contributed by atoms with van der Waals surface area (Å²) in [7, 11) is 0. The minimum Gasteiger partial charge on any atom is -0.486 e. The Morgan fingerprint density at radius 3 is 2.49 bits per heavy atom. The van der Waals surface area contributed by atoms with Gasteiger partial charge >= 0.3 is 5.97 Å². The van der Waals surface area contributed by atoms with Gasteiger partial charge in [0.2, 0.25) is 0 Å². The van der Waals surface area contributed by atoms with Gasteiger partial charge in [0.15, 0.2) is 0 Å². The molecular formula is C27H24F3NO4. The molecule has 8 heteroatoms. The Morgan fingerprint density at radius 1 is 1.03 bits per heavy atom. The largest absolute Gasteiger partial charge is 0.486 e. The number of alkyl halides is 2. The number of furan rings is 1. The predicted octanol–water partition coefficient (Wildman–Crippen LogP) is 6.29. The second-order valence-corrected chi connectivity index (χ2v) is 8.11. The van der Waals surface area contributed by atoms with Crippen LogP contribution >= 0.6 is 0 Å². The molecule has 3 aromatic carbocycles. The molecule has 1 atom stereocenters. The van der Waals surface area contributed by atoms with Gasteiger partial charge in [-0.05, 0) is 73.5 Å². The van der Waals surface area contributed by atoms with E-state index < -0.39 is 18.0 Å². The maximum absolute atomic E-state index is 15.3. The van der Waals surface area contributed by atoms with Gasteiger partial charge in [-0.15, -0.1) is 0 Å². The molecule has 0 aliphatic carbocycles. The Bertz CT molecular complexity index is 1270. The van der Waals surface area contributed by atoms with Crippen molar-refractivity contribution in [3.05, 3.63) is 102 Å². The molecule has 0 saturated carbocycles. The normalized spacial score (nSPS) is 12.5. The summed E-state index contributed by atoms with van der Waals surface area (Å²) in [5, 5.41) is 11.9. The third-order valence-corrected chi connectivity index (χ3v) is 5.67. The lowest BCUT2D eigenvalue weighted by Crippen LogP contribution is -2.24. The second kappa shape index (κ2) is 10.7. The molecule has 0 amide bonds. The molecule has 4 aromatic rings. The van der Waals surface area contributed by atoms with Crippen molar-refractivity contribution in [2.45, 2.75) is 24.9 Å². The third kappa shape index (κ3) is 5.84. The molecule has 2 N–H and O–H groups in total. The van der Waals surface area contributed by atoms with Crippen LogP contribution in [0.25, 0.3) is 11.0 Å². The van der Waals surface area contributed by atoms with Crippen molar-refractivity contribution < 1.29 is 32.2 Å². The van der Waals surface area contributed by atoms with E-state index in [4.69, 9.17) is 14.3 Å². The van der Waals surface area contributed by atoms with E-state index in [1.165, 1.54) is 60.9 Å². The second-order valence-electron chi connectivity index (χ2n) is 8.11. The quantitative estimate of drug-likeness (QED) is 0.246.